The summed E-state index contributed by atoms with van der Waals surface area (Å²) in [5.74, 6) is 0.775. The van der Waals surface area contributed by atoms with E-state index < -0.39 is 0 Å². The highest BCUT2D eigenvalue weighted by atomic mass is 16.5. The van der Waals surface area contributed by atoms with Crippen LogP contribution in [0.5, 0.6) is 0 Å². The predicted octanol–water partition coefficient (Wildman–Crippen LogP) is 1.48. The van der Waals surface area contributed by atoms with Crippen molar-refractivity contribution in [2.45, 2.75) is 51.3 Å². The number of hydrogen-bond donors (Lipinski definition) is 1. The van der Waals surface area contributed by atoms with Gasteiger partial charge in [-0.3, -0.25) is 0 Å². The van der Waals surface area contributed by atoms with E-state index in [1.807, 2.05) is 0 Å². The first-order valence-electron chi connectivity index (χ1n) is 7.15. The Labute approximate surface area is 105 Å². The van der Waals surface area contributed by atoms with Gasteiger partial charge in [-0.2, -0.15) is 0 Å². The number of piperidine rings is 1. The SMILES string of the molecule is CN1CCCC(NC2C3CCOC3C2(C)C)C1. The minimum Gasteiger partial charge on any atom is -0.377 e. The summed E-state index contributed by atoms with van der Waals surface area (Å²) in [5, 5.41) is 3.93. The number of hydrogen-bond acceptors (Lipinski definition) is 3. The van der Waals surface area contributed by atoms with Crippen LogP contribution < -0.4 is 5.32 Å². The van der Waals surface area contributed by atoms with Gasteiger partial charge >= 0.3 is 0 Å². The summed E-state index contributed by atoms with van der Waals surface area (Å²) < 4.78 is 5.86. The number of nitrogens with one attached hydrogen (secondary N) is 1. The molecular formula is C14H26N2O. The summed E-state index contributed by atoms with van der Waals surface area (Å²) in [5.41, 5.74) is 0.331. The van der Waals surface area contributed by atoms with Crippen molar-refractivity contribution < 1.29 is 4.74 Å². The smallest absolute Gasteiger partial charge is 0.0685 e. The number of ether oxygens (including phenoxy) is 1. The molecule has 2 saturated heterocycles. The molecule has 3 aliphatic rings. The Balaban J connectivity index is 1.61. The minimum atomic E-state index is 0.331. The molecule has 3 rings (SSSR count). The van der Waals surface area contributed by atoms with E-state index in [1.165, 1.54) is 32.4 Å². The molecule has 3 fully saturated rings. The zero-order chi connectivity index (χ0) is 12.0. The molecule has 98 valence electrons. The maximum absolute atomic E-state index is 5.86. The maximum atomic E-state index is 5.86. The van der Waals surface area contributed by atoms with Gasteiger partial charge in [-0.15, -0.1) is 0 Å². The standard InChI is InChI=1S/C14H26N2O/c1-14(2)12(11-6-8-17-13(11)14)15-10-5-4-7-16(3)9-10/h10-13,15H,4-9H2,1-3H3. The molecule has 1 aliphatic carbocycles. The molecule has 3 heteroatoms. The molecule has 0 aromatic rings. The number of likely N-dealkylation sites (N-methyl/N-ethyl adjacent to an activating group) is 1. The average Bonchev–Trinajstić information content (AvgIpc) is 2.72. The van der Waals surface area contributed by atoms with Crippen LogP contribution in [0.25, 0.3) is 0 Å². The lowest BCUT2D eigenvalue weighted by atomic mass is 9.57. The number of fused-ring (bicyclic) bond motifs is 1. The molecule has 4 unspecified atom stereocenters. The van der Waals surface area contributed by atoms with E-state index >= 15 is 0 Å². The van der Waals surface area contributed by atoms with Crippen LogP contribution in [0.1, 0.15) is 33.1 Å². The summed E-state index contributed by atoms with van der Waals surface area (Å²) in [7, 11) is 2.24. The van der Waals surface area contributed by atoms with Crippen molar-refractivity contribution in [1.82, 2.24) is 10.2 Å². The van der Waals surface area contributed by atoms with Gasteiger partial charge in [-0.05, 0) is 32.9 Å². The van der Waals surface area contributed by atoms with Crippen LogP contribution in [0.2, 0.25) is 0 Å². The van der Waals surface area contributed by atoms with Crippen LogP contribution >= 0.6 is 0 Å². The molecule has 3 nitrogen and oxygen atoms in total. The zero-order valence-electron chi connectivity index (χ0n) is 11.4. The van der Waals surface area contributed by atoms with Gasteiger partial charge in [0, 0.05) is 36.6 Å². The van der Waals surface area contributed by atoms with Crippen LogP contribution in [-0.2, 0) is 4.74 Å². The van der Waals surface area contributed by atoms with Crippen molar-refractivity contribution >= 4 is 0 Å². The molecular weight excluding hydrogens is 212 g/mol. The van der Waals surface area contributed by atoms with Crippen molar-refractivity contribution in [3.05, 3.63) is 0 Å². The summed E-state index contributed by atoms with van der Waals surface area (Å²) in [6, 6.07) is 1.37. The quantitative estimate of drug-likeness (QED) is 0.789. The van der Waals surface area contributed by atoms with E-state index in [-0.39, 0.29) is 0 Å². The summed E-state index contributed by atoms with van der Waals surface area (Å²) >= 11 is 0. The zero-order valence-corrected chi connectivity index (χ0v) is 11.4. The first kappa shape index (κ1) is 11.9. The fourth-order valence-electron chi connectivity index (χ4n) is 4.22. The highest BCUT2D eigenvalue weighted by molar-refractivity contribution is 5.12. The molecule has 1 saturated carbocycles. The van der Waals surface area contributed by atoms with Gasteiger partial charge in [0.2, 0.25) is 0 Å². The van der Waals surface area contributed by atoms with Gasteiger partial charge in [0.15, 0.2) is 0 Å². The van der Waals surface area contributed by atoms with E-state index in [0.29, 0.717) is 23.6 Å². The Morgan fingerprint density at radius 3 is 2.88 bits per heavy atom. The molecule has 4 atom stereocenters. The molecule has 1 N–H and O–H groups in total. The third-order valence-electron chi connectivity index (χ3n) is 5.14. The highest BCUT2D eigenvalue weighted by Crippen LogP contribution is 2.52. The maximum Gasteiger partial charge on any atom is 0.0685 e. The third-order valence-corrected chi connectivity index (χ3v) is 5.14. The van der Waals surface area contributed by atoms with E-state index in [0.717, 1.165) is 12.5 Å². The predicted molar refractivity (Wildman–Crippen MR) is 69.1 cm³/mol. The molecule has 0 bridgehead atoms. The summed E-state index contributed by atoms with van der Waals surface area (Å²) in [4.78, 5) is 2.45. The monoisotopic (exact) mass is 238 g/mol. The molecule has 17 heavy (non-hydrogen) atoms. The second kappa shape index (κ2) is 4.22. The topological polar surface area (TPSA) is 24.5 Å². The number of likely N-dealkylation sites (tertiary alicyclic amines) is 1. The Morgan fingerprint density at radius 1 is 1.29 bits per heavy atom. The van der Waals surface area contributed by atoms with E-state index in [9.17, 15) is 0 Å². The molecule has 0 spiro atoms. The van der Waals surface area contributed by atoms with Crippen LogP contribution in [0.15, 0.2) is 0 Å². The van der Waals surface area contributed by atoms with Crippen LogP contribution in [0, 0.1) is 11.3 Å². The Morgan fingerprint density at radius 2 is 2.12 bits per heavy atom. The average molecular weight is 238 g/mol. The van der Waals surface area contributed by atoms with Crippen molar-refractivity contribution in [2.75, 3.05) is 26.7 Å². The van der Waals surface area contributed by atoms with Crippen LogP contribution in [0.4, 0.5) is 0 Å². The Bertz CT molecular complexity index is 292. The van der Waals surface area contributed by atoms with Gasteiger partial charge in [-0.25, -0.2) is 0 Å². The third kappa shape index (κ3) is 1.92. The first-order chi connectivity index (χ1) is 8.09. The summed E-state index contributed by atoms with van der Waals surface area (Å²) in [6.45, 7) is 8.18. The van der Waals surface area contributed by atoms with Crippen molar-refractivity contribution in [3.8, 4) is 0 Å². The van der Waals surface area contributed by atoms with Gasteiger partial charge in [0.1, 0.15) is 0 Å². The van der Waals surface area contributed by atoms with E-state index in [2.05, 4.69) is 31.1 Å². The summed E-state index contributed by atoms with van der Waals surface area (Å²) in [6.07, 6.45) is 4.45. The van der Waals surface area contributed by atoms with Gasteiger partial charge in [-0.1, -0.05) is 13.8 Å². The fraction of sp³-hybridized carbons (Fsp3) is 1.00. The highest BCUT2D eigenvalue weighted by Gasteiger charge is 2.59. The lowest BCUT2D eigenvalue weighted by Crippen LogP contribution is -2.68. The molecule has 0 aromatic carbocycles. The minimum absolute atomic E-state index is 0.331. The Hall–Kier alpha value is -0.120. The second-order valence-corrected chi connectivity index (χ2v) is 6.81. The van der Waals surface area contributed by atoms with Crippen LogP contribution in [-0.4, -0.2) is 49.8 Å². The number of nitrogens with zero attached hydrogens (tertiary/aromatic N) is 1. The van der Waals surface area contributed by atoms with Gasteiger partial charge in [0.25, 0.3) is 0 Å². The lowest BCUT2D eigenvalue weighted by molar-refractivity contribution is -0.116. The largest absolute Gasteiger partial charge is 0.377 e. The fourth-order valence-corrected chi connectivity index (χ4v) is 4.22. The van der Waals surface area contributed by atoms with Crippen molar-refractivity contribution in [2.24, 2.45) is 11.3 Å². The Kier molecular flexibility index (Phi) is 2.96. The first-order valence-corrected chi connectivity index (χ1v) is 7.15. The van der Waals surface area contributed by atoms with Crippen molar-refractivity contribution in [3.63, 3.8) is 0 Å². The van der Waals surface area contributed by atoms with Crippen LogP contribution in [0.3, 0.4) is 0 Å². The molecule has 0 amide bonds. The molecule has 0 aromatic heterocycles. The second-order valence-electron chi connectivity index (χ2n) is 6.81. The number of rotatable bonds is 2. The molecule has 2 heterocycles. The molecule has 2 aliphatic heterocycles. The van der Waals surface area contributed by atoms with Gasteiger partial charge in [0.05, 0.1) is 6.10 Å². The van der Waals surface area contributed by atoms with Crippen molar-refractivity contribution in [1.29, 1.82) is 0 Å². The molecule has 0 radical (unpaired) electrons. The normalized spacial score (nSPS) is 45.4. The lowest BCUT2D eigenvalue weighted by Gasteiger charge is -2.56. The van der Waals surface area contributed by atoms with Gasteiger partial charge < -0.3 is 15.0 Å². The van der Waals surface area contributed by atoms with E-state index in [4.69, 9.17) is 4.74 Å². The van der Waals surface area contributed by atoms with E-state index in [1.54, 1.807) is 0 Å².